The van der Waals surface area contributed by atoms with E-state index in [0.29, 0.717) is 10.0 Å². The molecule has 0 heterocycles. The third-order valence-corrected chi connectivity index (χ3v) is 4.00. The van der Waals surface area contributed by atoms with Gasteiger partial charge in [-0.1, -0.05) is 24.3 Å². The highest BCUT2D eigenvalue weighted by molar-refractivity contribution is 9.10. The van der Waals surface area contributed by atoms with E-state index < -0.39 is 17.3 Å². The lowest BCUT2D eigenvalue weighted by atomic mass is 10.1. The molecule has 2 amide bonds. The van der Waals surface area contributed by atoms with Crippen LogP contribution in [-0.4, -0.2) is 22.4 Å². The third-order valence-electron chi connectivity index (χ3n) is 3.31. The van der Waals surface area contributed by atoms with Crippen molar-refractivity contribution >= 4 is 27.7 Å². The Morgan fingerprint density at radius 3 is 2.08 bits per heavy atom. The van der Waals surface area contributed by atoms with E-state index in [0.717, 1.165) is 0 Å². The summed E-state index contributed by atoms with van der Waals surface area (Å²) in [6, 6.07) is 12.6. The number of nitrogens with zero attached hydrogens (tertiary/aromatic N) is 1. The van der Waals surface area contributed by atoms with Gasteiger partial charge in [-0.2, -0.15) is 0 Å². The number of nitrogens with one attached hydrogen (secondary N) is 1. The second kappa shape index (κ2) is 7.13. The zero-order valence-electron chi connectivity index (χ0n) is 13.6. The Bertz CT molecular complexity index is 772. The zero-order chi connectivity index (χ0) is 17.9. The molecule has 0 atom stereocenters. The van der Waals surface area contributed by atoms with E-state index in [2.05, 4.69) is 21.4 Å². The summed E-state index contributed by atoms with van der Waals surface area (Å²) in [7, 11) is 0. The number of benzene rings is 2. The maximum absolute atomic E-state index is 13.8. The van der Waals surface area contributed by atoms with Crippen molar-refractivity contribution in [1.29, 1.82) is 0 Å². The van der Waals surface area contributed by atoms with E-state index >= 15 is 0 Å². The molecule has 0 saturated carbocycles. The first kappa shape index (κ1) is 18.1. The lowest BCUT2D eigenvalue weighted by Crippen LogP contribution is -2.56. The van der Waals surface area contributed by atoms with Crippen molar-refractivity contribution in [3.63, 3.8) is 0 Å². The molecule has 4 nitrogen and oxygen atoms in total. The van der Waals surface area contributed by atoms with Gasteiger partial charge in [0, 0.05) is 4.47 Å². The normalized spacial score (nSPS) is 11.0. The SMILES string of the molecule is CC(C)(C)N(NC(=O)c1ccccc1F)C(=O)c1ccccc1Br. The van der Waals surface area contributed by atoms with E-state index in [-0.39, 0.29) is 11.5 Å². The van der Waals surface area contributed by atoms with Gasteiger partial charge in [-0.15, -0.1) is 0 Å². The minimum atomic E-state index is -0.701. The van der Waals surface area contributed by atoms with Crippen LogP contribution in [0, 0.1) is 5.82 Å². The number of hydrogen-bond acceptors (Lipinski definition) is 2. The van der Waals surface area contributed by atoms with E-state index in [9.17, 15) is 14.0 Å². The Balaban J connectivity index is 2.34. The van der Waals surface area contributed by atoms with Gasteiger partial charge in [0.2, 0.25) is 0 Å². The first-order valence-corrected chi connectivity index (χ1v) is 8.15. The number of hydrogen-bond donors (Lipinski definition) is 1. The first-order valence-electron chi connectivity index (χ1n) is 7.36. The summed E-state index contributed by atoms with van der Waals surface area (Å²) in [6.45, 7) is 5.34. The van der Waals surface area contributed by atoms with E-state index in [1.54, 1.807) is 51.1 Å². The molecule has 0 aliphatic carbocycles. The van der Waals surface area contributed by atoms with Crippen LogP contribution in [0.4, 0.5) is 4.39 Å². The lowest BCUT2D eigenvalue weighted by molar-refractivity contribution is 0.0356. The fourth-order valence-electron chi connectivity index (χ4n) is 2.09. The first-order chi connectivity index (χ1) is 11.2. The molecule has 0 aliphatic rings. The van der Waals surface area contributed by atoms with Crippen molar-refractivity contribution in [3.8, 4) is 0 Å². The fourth-order valence-corrected chi connectivity index (χ4v) is 2.54. The Kier molecular flexibility index (Phi) is 5.39. The maximum Gasteiger partial charge on any atom is 0.273 e. The van der Waals surface area contributed by atoms with Crippen LogP contribution in [0.25, 0.3) is 0 Å². The topological polar surface area (TPSA) is 49.4 Å². The number of halogens is 2. The summed E-state index contributed by atoms with van der Waals surface area (Å²) < 4.78 is 14.4. The highest BCUT2D eigenvalue weighted by Crippen LogP contribution is 2.21. The van der Waals surface area contributed by atoms with Crippen molar-refractivity contribution in [1.82, 2.24) is 10.4 Å². The predicted octanol–water partition coefficient (Wildman–Crippen LogP) is 4.17. The van der Waals surface area contributed by atoms with Gasteiger partial charge in [0.15, 0.2) is 0 Å². The van der Waals surface area contributed by atoms with Crippen molar-refractivity contribution in [2.24, 2.45) is 0 Å². The highest BCUT2D eigenvalue weighted by Gasteiger charge is 2.31. The van der Waals surface area contributed by atoms with Crippen LogP contribution in [0.2, 0.25) is 0 Å². The van der Waals surface area contributed by atoms with Crippen molar-refractivity contribution in [2.75, 3.05) is 0 Å². The number of amides is 2. The smallest absolute Gasteiger partial charge is 0.267 e. The summed E-state index contributed by atoms with van der Waals surface area (Å²) in [4.78, 5) is 25.2. The van der Waals surface area contributed by atoms with Crippen LogP contribution in [-0.2, 0) is 0 Å². The second-order valence-electron chi connectivity index (χ2n) is 6.21. The van der Waals surface area contributed by atoms with E-state index in [1.807, 2.05) is 0 Å². The highest BCUT2D eigenvalue weighted by atomic mass is 79.9. The van der Waals surface area contributed by atoms with Crippen LogP contribution in [0.3, 0.4) is 0 Å². The van der Waals surface area contributed by atoms with Crippen LogP contribution in [0.15, 0.2) is 53.0 Å². The van der Waals surface area contributed by atoms with E-state index in [4.69, 9.17) is 0 Å². The van der Waals surface area contributed by atoms with Crippen molar-refractivity contribution in [2.45, 2.75) is 26.3 Å². The van der Waals surface area contributed by atoms with Crippen LogP contribution < -0.4 is 5.43 Å². The van der Waals surface area contributed by atoms with Gasteiger partial charge in [0.25, 0.3) is 11.8 Å². The predicted molar refractivity (Wildman–Crippen MR) is 93.9 cm³/mol. The Labute approximate surface area is 148 Å². The Hall–Kier alpha value is -2.21. The largest absolute Gasteiger partial charge is 0.273 e. The van der Waals surface area contributed by atoms with Crippen LogP contribution in [0.5, 0.6) is 0 Å². The monoisotopic (exact) mass is 392 g/mol. The van der Waals surface area contributed by atoms with Crippen LogP contribution in [0.1, 0.15) is 41.5 Å². The molecule has 0 fully saturated rings. The molecule has 2 aromatic carbocycles. The molecule has 1 N–H and O–H groups in total. The minimum absolute atomic E-state index is 0.119. The number of rotatable bonds is 2. The molecule has 24 heavy (non-hydrogen) atoms. The van der Waals surface area contributed by atoms with Gasteiger partial charge < -0.3 is 0 Å². The summed E-state index contributed by atoms with van der Waals surface area (Å²) >= 11 is 3.33. The third kappa shape index (κ3) is 4.00. The van der Waals surface area contributed by atoms with Gasteiger partial charge in [0.1, 0.15) is 5.82 Å². The molecular formula is C18H18BrFN2O2. The van der Waals surface area contributed by atoms with Gasteiger partial charge in [0.05, 0.1) is 16.7 Å². The molecule has 126 valence electrons. The molecule has 2 aromatic rings. The second-order valence-corrected chi connectivity index (χ2v) is 7.07. The molecule has 0 bridgehead atoms. The average molecular weight is 393 g/mol. The maximum atomic E-state index is 13.8. The number of carbonyl (C=O) groups excluding carboxylic acids is 2. The van der Waals surface area contributed by atoms with Crippen molar-refractivity contribution < 1.29 is 14.0 Å². The molecule has 0 spiro atoms. The fraction of sp³-hybridized carbons (Fsp3) is 0.222. The molecule has 0 aromatic heterocycles. The molecular weight excluding hydrogens is 375 g/mol. The molecule has 0 radical (unpaired) electrons. The zero-order valence-corrected chi connectivity index (χ0v) is 15.2. The van der Waals surface area contributed by atoms with Gasteiger partial charge in [-0.05, 0) is 61.0 Å². The van der Waals surface area contributed by atoms with Gasteiger partial charge in [-0.25, -0.2) is 9.40 Å². The van der Waals surface area contributed by atoms with Gasteiger partial charge >= 0.3 is 0 Å². The van der Waals surface area contributed by atoms with Gasteiger partial charge in [-0.3, -0.25) is 15.0 Å². The lowest BCUT2D eigenvalue weighted by Gasteiger charge is -2.35. The average Bonchev–Trinajstić information content (AvgIpc) is 2.51. The Morgan fingerprint density at radius 2 is 1.54 bits per heavy atom. The minimum Gasteiger partial charge on any atom is -0.267 e. The number of hydrazine groups is 1. The Morgan fingerprint density at radius 1 is 1.00 bits per heavy atom. The summed E-state index contributed by atoms with van der Waals surface area (Å²) in [5.41, 5.74) is 2.11. The summed E-state index contributed by atoms with van der Waals surface area (Å²) in [6.07, 6.45) is 0. The molecule has 0 unspecified atom stereocenters. The summed E-state index contributed by atoms with van der Waals surface area (Å²) in [5, 5.41) is 1.21. The molecule has 6 heteroatoms. The molecule has 0 aliphatic heterocycles. The van der Waals surface area contributed by atoms with Crippen molar-refractivity contribution in [3.05, 3.63) is 69.9 Å². The molecule has 0 saturated heterocycles. The summed E-state index contributed by atoms with van der Waals surface area (Å²) in [5.74, 6) is -1.71. The van der Waals surface area contributed by atoms with E-state index in [1.165, 1.54) is 23.2 Å². The standard InChI is InChI=1S/C18H18BrFN2O2/c1-18(2,3)22(17(24)12-8-4-6-10-14(12)19)21-16(23)13-9-5-7-11-15(13)20/h4-11H,1-3H3,(H,21,23). The quantitative estimate of drug-likeness (QED) is 0.779. The number of carbonyl (C=O) groups is 2. The molecule has 2 rings (SSSR count). The van der Waals surface area contributed by atoms with Crippen LogP contribution >= 0.6 is 15.9 Å².